The Balaban J connectivity index is 0.00000191. The normalized spacial score (nSPS) is 14.4. The van der Waals surface area contributed by atoms with E-state index in [1.165, 1.54) is 7.11 Å². The number of esters is 1. The van der Waals surface area contributed by atoms with E-state index in [2.05, 4.69) is 4.74 Å². The Bertz CT molecular complexity index is 457. The smallest absolute Gasteiger partial charge is 0.308 e. The molecule has 0 bridgehead atoms. The van der Waals surface area contributed by atoms with Gasteiger partial charge in [-0.15, -0.1) is 0 Å². The first-order valence-corrected chi connectivity index (χ1v) is 9.18. The van der Waals surface area contributed by atoms with Gasteiger partial charge in [-0.1, -0.05) is 52.8 Å². The standard InChI is InChI=1S/C14H21O4P.C2H6/c1-11(2)19(16,10-12(3)14(15)17-4)18-13-8-6-5-7-9-13;1-2/h5-9,11-12H,10H2,1-4H3;1-2H3. The Labute approximate surface area is 128 Å². The van der Waals surface area contributed by atoms with Crippen molar-refractivity contribution >= 4 is 13.3 Å². The van der Waals surface area contributed by atoms with Crippen LogP contribution in [-0.4, -0.2) is 24.9 Å². The highest BCUT2D eigenvalue weighted by Crippen LogP contribution is 2.52. The Morgan fingerprint density at radius 1 is 1.14 bits per heavy atom. The van der Waals surface area contributed by atoms with Gasteiger partial charge in [0.1, 0.15) is 5.75 Å². The minimum atomic E-state index is -2.94. The maximum absolute atomic E-state index is 12.9. The molecule has 0 heterocycles. The van der Waals surface area contributed by atoms with Crippen LogP contribution in [0.25, 0.3) is 0 Å². The van der Waals surface area contributed by atoms with Crippen LogP contribution >= 0.6 is 7.37 Å². The lowest BCUT2D eigenvalue weighted by atomic mass is 10.2. The molecule has 0 aliphatic heterocycles. The molecule has 0 N–H and O–H groups in total. The van der Waals surface area contributed by atoms with E-state index in [9.17, 15) is 9.36 Å². The first-order valence-electron chi connectivity index (χ1n) is 7.30. The summed E-state index contributed by atoms with van der Waals surface area (Å²) in [5, 5.41) is 0. The Morgan fingerprint density at radius 2 is 1.67 bits per heavy atom. The van der Waals surface area contributed by atoms with Crippen LogP contribution in [0.4, 0.5) is 0 Å². The van der Waals surface area contributed by atoms with Crippen molar-refractivity contribution in [1.29, 1.82) is 0 Å². The molecule has 4 nitrogen and oxygen atoms in total. The van der Waals surface area contributed by atoms with Gasteiger partial charge in [-0.2, -0.15) is 0 Å². The number of ether oxygens (including phenoxy) is 1. The van der Waals surface area contributed by atoms with Crippen LogP contribution in [0.1, 0.15) is 34.6 Å². The average molecular weight is 314 g/mol. The molecular formula is C16H27O4P. The van der Waals surface area contributed by atoms with Crippen molar-refractivity contribution in [1.82, 2.24) is 0 Å². The van der Waals surface area contributed by atoms with Gasteiger partial charge in [0.25, 0.3) is 7.37 Å². The molecule has 1 rings (SSSR count). The SMILES string of the molecule is CC.COC(=O)C(C)CP(=O)(Oc1ccccc1)C(C)C. The largest absolute Gasteiger partial charge is 0.469 e. The highest BCUT2D eigenvalue weighted by atomic mass is 31.2. The molecule has 120 valence electrons. The predicted octanol–water partition coefficient (Wildman–Crippen LogP) is 4.59. The van der Waals surface area contributed by atoms with E-state index in [-0.39, 0.29) is 17.8 Å². The number of benzene rings is 1. The molecule has 0 saturated carbocycles. The fourth-order valence-electron chi connectivity index (χ4n) is 1.67. The van der Waals surface area contributed by atoms with Crippen molar-refractivity contribution in [3.05, 3.63) is 30.3 Å². The zero-order valence-electron chi connectivity index (χ0n) is 13.8. The first-order chi connectivity index (χ1) is 9.89. The predicted molar refractivity (Wildman–Crippen MR) is 87.2 cm³/mol. The third-order valence-corrected chi connectivity index (χ3v) is 6.07. The number of carbonyl (C=O) groups excluding carboxylic acids is 1. The van der Waals surface area contributed by atoms with E-state index in [0.29, 0.717) is 5.75 Å². The lowest BCUT2D eigenvalue weighted by molar-refractivity contribution is -0.144. The van der Waals surface area contributed by atoms with Crippen molar-refractivity contribution < 1.29 is 18.6 Å². The molecule has 0 saturated heterocycles. The molecule has 0 aliphatic rings. The minimum Gasteiger partial charge on any atom is -0.469 e. The highest BCUT2D eigenvalue weighted by molar-refractivity contribution is 7.60. The summed E-state index contributed by atoms with van der Waals surface area (Å²) in [7, 11) is -1.61. The van der Waals surface area contributed by atoms with Crippen molar-refractivity contribution in [3.8, 4) is 5.75 Å². The van der Waals surface area contributed by atoms with Crippen LogP contribution in [0.5, 0.6) is 5.75 Å². The lowest BCUT2D eigenvalue weighted by Crippen LogP contribution is -2.21. The summed E-state index contributed by atoms with van der Waals surface area (Å²) >= 11 is 0. The fraction of sp³-hybridized carbons (Fsp3) is 0.562. The molecule has 5 heteroatoms. The van der Waals surface area contributed by atoms with Gasteiger partial charge in [0.2, 0.25) is 0 Å². The zero-order valence-corrected chi connectivity index (χ0v) is 14.7. The molecule has 1 aromatic rings. The van der Waals surface area contributed by atoms with E-state index in [0.717, 1.165) is 0 Å². The van der Waals surface area contributed by atoms with Crippen LogP contribution in [0.2, 0.25) is 0 Å². The lowest BCUT2D eigenvalue weighted by Gasteiger charge is -2.25. The third-order valence-electron chi connectivity index (χ3n) is 2.92. The van der Waals surface area contributed by atoms with Crippen LogP contribution < -0.4 is 4.52 Å². The molecule has 0 fully saturated rings. The molecule has 1 aromatic carbocycles. The van der Waals surface area contributed by atoms with E-state index in [4.69, 9.17) is 4.52 Å². The summed E-state index contributed by atoms with van der Waals surface area (Å²) < 4.78 is 23.2. The molecule has 2 unspecified atom stereocenters. The number of rotatable bonds is 6. The van der Waals surface area contributed by atoms with Crippen molar-refractivity contribution in [2.24, 2.45) is 5.92 Å². The number of para-hydroxylation sites is 1. The van der Waals surface area contributed by atoms with Gasteiger partial charge in [0.15, 0.2) is 0 Å². The molecule has 0 amide bonds. The average Bonchev–Trinajstić information content (AvgIpc) is 2.49. The van der Waals surface area contributed by atoms with Gasteiger partial charge in [-0.25, -0.2) is 0 Å². The van der Waals surface area contributed by atoms with Crippen molar-refractivity contribution in [3.63, 3.8) is 0 Å². The van der Waals surface area contributed by atoms with Crippen LogP contribution in [0, 0.1) is 5.92 Å². The van der Waals surface area contributed by atoms with Crippen LogP contribution in [0.15, 0.2) is 30.3 Å². The number of hydrogen-bond donors (Lipinski definition) is 0. The van der Waals surface area contributed by atoms with Crippen LogP contribution in [-0.2, 0) is 14.1 Å². The van der Waals surface area contributed by atoms with Gasteiger partial charge in [-0.05, 0) is 12.1 Å². The molecule has 0 radical (unpaired) electrons. The highest BCUT2D eigenvalue weighted by Gasteiger charge is 2.33. The minimum absolute atomic E-state index is 0.153. The molecule has 2 atom stereocenters. The molecule has 21 heavy (non-hydrogen) atoms. The second-order valence-corrected chi connectivity index (χ2v) is 7.86. The molecule has 0 aromatic heterocycles. The van der Waals surface area contributed by atoms with Gasteiger partial charge in [0.05, 0.1) is 13.0 Å². The number of methoxy groups -OCH3 is 1. The fourth-order valence-corrected chi connectivity index (χ4v) is 3.77. The summed E-state index contributed by atoms with van der Waals surface area (Å²) in [6, 6.07) is 9.04. The number of carbonyl (C=O) groups is 1. The van der Waals surface area contributed by atoms with Gasteiger partial charge < -0.3 is 9.26 Å². The quantitative estimate of drug-likeness (QED) is 0.569. The number of hydrogen-bond acceptors (Lipinski definition) is 4. The Morgan fingerprint density at radius 3 is 2.10 bits per heavy atom. The van der Waals surface area contributed by atoms with Crippen molar-refractivity contribution in [2.75, 3.05) is 13.3 Å². The maximum Gasteiger partial charge on any atom is 0.308 e. The van der Waals surface area contributed by atoms with Gasteiger partial charge in [-0.3, -0.25) is 9.36 Å². The summed E-state index contributed by atoms with van der Waals surface area (Å²) in [5.74, 6) is -0.240. The first kappa shape index (κ1) is 19.7. The zero-order chi connectivity index (χ0) is 16.5. The van der Waals surface area contributed by atoms with E-state index in [1.54, 1.807) is 19.1 Å². The van der Waals surface area contributed by atoms with E-state index >= 15 is 0 Å². The maximum atomic E-state index is 12.9. The Kier molecular flexibility index (Phi) is 9.03. The Hall–Kier alpha value is -1.28. The third kappa shape index (κ3) is 6.34. The van der Waals surface area contributed by atoms with E-state index in [1.807, 2.05) is 45.9 Å². The second kappa shape index (κ2) is 9.62. The summed E-state index contributed by atoms with van der Waals surface area (Å²) in [6.45, 7) is 9.39. The van der Waals surface area contributed by atoms with Crippen LogP contribution in [0.3, 0.4) is 0 Å². The topological polar surface area (TPSA) is 52.6 Å². The van der Waals surface area contributed by atoms with Gasteiger partial charge in [0, 0.05) is 11.8 Å². The summed E-state index contributed by atoms with van der Waals surface area (Å²) in [5.41, 5.74) is -0.153. The van der Waals surface area contributed by atoms with E-state index < -0.39 is 13.3 Å². The van der Waals surface area contributed by atoms with Gasteiger partial charge >= 0.3 is 5.97 Å². The molecule has 0 aliphatic carbocycles. The molecular weight excluding hydrogens is 287 g/mol. The summed E-state index contributed by atoms with van der Waals surface area (Å²) in [6.07, 6.45) is 0.187. The van der Waals surface area contributed by atoms with Crippen molar-refractivity contribution in [2.45, 2.75) is 40.3 Å². The monoisotopic (exact) mass is 314 g/mol. The molecule has 0 spiro atoms. The summed E-state index contributed by atoms with van der Waals surface area (Å²) in [4.78, 5) is 11.5. The second-order valence-electron chi connectivity index (χ2n) is 4.83.